The molecule has 7 heteroatoms. The molecule has 0 bridgehead atoms. The van der Waals surface area contributed by atoms with Crippen LogP contribution in [0.1, 0.15) is 23.2 Å². The van der Waals surface area contributed by atoms with Gasteiger partial charge in [0.1, 0.15) is 17.4 Å². The molecule has 0 heterocycles. The van der Waals surface area contributed by atoms with E-state index in [1.54, 1.807) is 18.2 Å². The quantitative estimate of drug-likeness (QED) is 0.561. The highest BCUT2D eigenvalue weighted by molar-refractivity contribution is 5.94. The molecule has 0 aliphatic heterocycles. The van der Waals surface area contributed by atoms with E-state index in [-0.39, 0.29) is 30.2 Å². The van der Waals surface area contributed by atoms with Gasteiger partial charge in [-0.05, 0) is 30.7 Å². The van der Waals surface area contributed by atoms with Crippen molar-refractivity contribution in [1.29, 1.82) is 0 Å². The lowest BCUT2D eigenvalue weighted by atomic mass is 10.2. The fourth-order valence-electron chi connectivity index (χ4n) is 2.01. The Hall–Kier alpha value is -2.96. The maximum absolute atomic E-state index is 13.4. The first kappa shape index (κ1) is 17.4. The van der Waals surface area contributed by atoms with Crippen LogP contribution < -0.4 is 10.6 Å². The molecule has 0 unspecified atom stereocenters. The van der Waals surface area contributed by atoms with Crippen LogP contribution >= 0.6 is 0 Å². The van der Waals surface area contributed by atoms with Crippen molar-refractivity contribution in [3.8, 4) is 5.75 Å². The first-order chi connectivity index (χ1) is 11.5. The van der Waals surface area contributed by atoms with Gasteiger partial charge in [-0.25, -0.2) is 8.78 Å². The van der Waals surface area contributed by atoms with E-state index in [4.69, 9.17) is 0 Å². The van der Waals surface area contributed by atoms with E-state index in [0.717, 1.165) is 12.1 Å². The molecule has 0 aromatic heterocycles. The van der Waals surface area contributed by atoms with Crippen LogP contribution in [-0.4, -0.2) is 23.5 Å². The van der Waals surface area contributed by atoms with Crippen molar-refractivity contribution in [2.45, 2.75) is 12.8 Å². The Labute approximate surface area is 137 Å². The summed E-state index contributed by atoms with van der Waals surface area (Å²) in [6.45, 7) is 0.157. The van der Waals surface area contributed by atoms with Crippen LogP contribution in [0.25, 0.3) is 0 Å². The van der Waals surface area contributed by atoms with Crippen molar-refractivity contribution in [3.05, 3.63) is 59.7 Å². The molecular weight excluding hydrogens is 318 g/mol. The van der Waals surface area contributed by atoms with Crippen molar-refractivity contribution >= 4 is 17.5 Å². The molecule has 126 valence electrons. The number of rotatable bonds is 6. The lowest BCUT2D eigenvalue weighted by Gasteiger charge is -2.08. The van der Waals surface area contributed by atoms with Gasteiger partial charge in [-0.1, -0.05) is 12.1 Å². The molecule has 0 saturated carbocycles. The Morgan fingerprint density at radius 1 is 1.08 bits per heavy atom. The minimum Gasteiger partial charge on any atom is -0.506 e. The van der Waals surface area contributed by atoms with Crippen LogP contribution in [0, 0.1) is 11.6 Å². The highest BCUT2D eigenvalue weighted by Gasteiger charge is 2.12. The second-order valence-electron chi connectivity index (χ2n) is 5.05. The molecule has 0 fully saturated rings. The second kappa shape index (κ2) is 8.05. The number of phenolic OH excluding ortho intramolecular Hbond substituents is 1. The number of para-hydroxylation sites is 2. The van der Waals surface area contributed by atoms with Crippen molar-refractivity contribution in [3.63, 3.8) is 0 Å². The topological polar surface area (TPSA) is 78.4 Å². The highest BCUT2D eigenvalue weighted by Crippen LogP contribution is 2.21. The van der Waals surface area contributed by atoms with E-state index in [2.05, 4.69) is 10.6 Å². The Morgan fingerprint density at radius 2 is 1.83 bits per heavy atom. The summed E-state index contributed by atoms with van der Waals surface area (Å²) in [6, 6.07) is 9.01. The monoisotopic (exact) mass is 334 g/mol. The fourth-order valence-corrected chi connectivity index (χ4v) is 2.01. The number of phenols is 1. The average molecular weight is 334 g/mol. The normalized spacial score (nSPS) is 10.2. The average Bonchev–Trinajstić information content (AvgIpc) is 2.53. The zero-order valence-electron chi connectivity index (χ0n) is 12.7. The largest absolute Gasteiger partial charge is 0.506 e. The summed E-state index contributed by atoms with van der Waals surface area (Å²) in [5.74, 6) is -2.73. The molecule has 2 amide bonds. The predicted octanol–water partition coefficient (Wildman–Crippen LogP) is 2.82. The van der Waals surface area contributed by atoms with Crippen LogP contribution in [-0.2, 0) is 4.79 Å². The molecular formula is C17H16F2N2O3. The minimum absolute atomic E-state index is 0.0362. The van der Waals surface area contributed by atoms with Crippen molar-refractivity contribution in [2.24, 2.45) is 0 Å². The summed E-state index contributed by atoms with van der Waals surface area (Å²) >= 11 is 0. The number of amides is 2. The van der Waals surface area contributed by atoms with Gasteiger partial charge in [0, 0.05) is 19.0 Å². The molecule has 24 heavy (non-hydrogen) atoms. The summed E-state index contributed by atoms with van der Waals surface area (Å²) in [6.07, 6.45) is 0.439. The van der Waals surface area contributed by atoms with Crippen LogP contribution in [0.2, 0.25) is 0 Å². The van der Waals surface area contributed by atoms with Crippen LogP contribution in [0.3, 0.4) is 0 Å². The van der Waals surface area contributed by atoms with Gasteiger partial charge in [-0.15, -0.1) is 0 Å². The lowest BCUT2D eigenvalue weighted by Crippen LogP contribution is -2.26. The lowest BCUT2D eigenvalue weighted by molar-refractivity contribution is -0.116. The van der Waals surface area contributed by atoms with E-state index in [1.165, 1.54) is 6.07 Å². The minimum atomic E-state index is -0.940. The zero-order valence-corrected chi connectivity index (χ0v) is 12.7. The maximum atomic E-state index is 13.4. The van der Waals surface area contributed by atoms with E-state index in [1.807, 2.05) is 0 Å². The molecule has 0 aliphatic rings. The molecule has 0 spiro atoms. The third-order valence-corrected chi connectivity index (χ3v) is 3.22. The second-order valence-corrected chi connectivity index (χ2v) is 5.05. The van der Waals surface area contributed by atoms with Crippen LogP contribution in [0.15, 0.2) is 42.5 Å². The molecule has 3 N–H and O–H groups in total. The van der Waals surface area contributed by atoms with Gasteiger partial charge in [-0.2, -0.15) is 0 Å². The van der Waals surface area contributed by atoms with Gasteiger partial charge in [0.05, 0.1) is 11.3 Å². The molecule has 0 aliphatic carbocycles. The number of nitrogens with one attached hydrogen (secondary N) is 2. The van der Waals surface area contributed by atoms with Crippen molar-refractivity contribution in [1.82, 2.24) is 5.32 Å². The third kappa shape index (κ3) is 4.77. The van der Waals surface area contributed by atoms with Gasteiger partial charge in [0.25, 0.3) is 5.91 Å². The van der Waals surface area contributed by atoms with E-state index in [9.17, 15) is 23.5 Å². The van der Waals surface area contributed by atoms with Gasteiger partial charge in [0.2, 0.25) is 5.91 Å². The summed E-state index contributed by atoms with van der Waals surface area (Å²) in [7, 11) is 0. The summed E-state index contributed by atoms with van der Waals surface area (Å²) < 4.78 is 26.2. The smallest absolute Gasteiger partial charge is 0.254 e. The number of carbonyl (C=O) groups is 2. The molecule has 0 atom stereocenters. The summed E-state index contributed by atoms with van der Waals surface area (Å²) in [4.78, 5) is 23.5. The zero-order chi connectivity index (χ0) is 17.5. The van der Waals surface area contributed by atoms with Crippen LogP contribution in [0.4, 0.5) is 14.5 Å². The molecule has 0 saturated heterocycles. The number of carbonyl (C=O) groups excluding carboxylic acids is 2. The molecule has 2 aromatic rings. The van der Waals surface area contributed by atoms with Gasteiger partial charge < -0.3 is 15.7 Å². The Kier molecular flexibility index (Phi) is 5.83. The summed E-state index contributed by atoms with van der Waals surface area (Å²) in [5.41, 5.74) is 0.0509. The standard InChI is InChI=1S/C17H16F2N2O3/c18-11-7-8-12(13(19)10-11)17(24)20-9-3-6-16(23)21-14-4-1-2-5-15(14)22/h1-2,4-5,7-8,10,22H,3,6,9H2,(H,20,24)(H,21,23). The van der Waals surface area contributed by atoms with E-state index >= 15 is 0 Å². The molecule has 0 radical (unpaired) electrons. The number of hydrogen-bond donors (Lipinski definition) is 3. The first-order valence-electron chi connectivity index (χ1n) is 7.28. The first-order valence-corrected chi connectivity index (χ1v) is 7.28. The number of aromatic hydroxyl groups is 1. The predicted molar refractivity (Wildman–Crippen MR) is 84.7 cm³/mol. The Balaban J connectivity index is 1.75. The molecule has 5 nitrogen and oxygen atoms in total. The number of halogens is 2. The van der Waals surface area contributed by atoms with Crippen molar-refractivity contribution in [2.75, 3.05) is 11.9 Å². The number of benzene rings is 2. The highest BCUT2D eigenvalue weighted by atomic mass is 19.1. The van der Waals surface area contributed by atoms with E-state index < -0.39 is 17.5 Å². The van der Waals surface area contributed by atoms with Gasteiger partial charge >= 0.3 is 0 Å². The Bertz CT molecular complexity index is 750. The van der Waals surface area contributed by atoms with Gasteiger partial charge in [0.15, 0.2) is 0 Å². The number of anilines is 1. The Morgan fingerprint density at radius 3 is 2.54 bits per heavy atom. The summed E-state index contributed by atoms with van der Waals surface area (Å²) in [5, 5.41) is 14.5. The number of hydrogen-bond acceptors (Lipinski definition) is 3. The van der Waals surface area contributed by atoms with Crippen molar-refractivity contribution < 1.29 is 23.5 Å². The molecule has 2 rings (SSSR count). The van der Waals surface area contributed by atoms with Crippen LogP contribution in [0.5, 0.6) is 5.75 Å². The SMILES string of the molecule is O=C(CCCNC(=O)c1ccc(F)cc1F)Nc1ccccc1O. The maximum Gasteiger partial charge on any atom is 0.254 e. The third-order valence-electron chi connectivity index (χ3n) is 3.22. The van der Waals surface area contributed by atoms with Gasteiger partial charge in [-0.3, -0.25) is 9.59 Å². The fraction of sp³-hybridized carbons (Fsp3) is 0.176. The molecule has 2 aromatic carbocycles. The van der Waals surface area contributed by atoms with E-state index in [0.29, 0.717) is 18.2 Å².